The summed E-state index contributed by atoms with van der Waals surface area (Å²) in [7, 11) is 0. The van der Waals surface area contributed by atoms with E-state index in [1.54, 1.807) is 0 Å². The molecule has 0 spiro atoms. The predicted molar refractivity (Wildman–Crippen MR) is 74.0 cm³/mol. The van der Waals surface area contributed by atoms with Crippen LogP contribution < -0.4 is 0 Å². The van der Waals surface area contributed by atoms with Crippen LogP contribution in [0.1, 0.15) is 68.0 Å². The lowest BCUT2D eigenvalue weighted by Crippen LogP contribution is -2.15. The lowest BCUT2D eigenvalue weighted by molar-refractivity contribution is -0.121. The molecule has 3 rings (SSSR count). The molecule has 1 heterocycles. The molecule has 1 aromatic heterocycles. The van der Waals surface area contributed by atoms with Gasteiger partial charge in [-0.15, -0.1) is 11.3 Å². The first-order valence-corrected chi connectivity index (χ1v) is 8.15. The van der Waals surface area contributed by atoms with Gasteiger partial charge < -0.3 is 0 Å². The molecule has 18 heavy (non-hydrogen) atoms. The van der Waals surface area contributed by atoms with E-state index in [0.717, 1.165) is 38.0 Å². The average molecular weight is 263 g/mol. The van der Waals surface area contributed by atoms with Gasteiger partial charge in [0.2, 0.25) is 0 Å². The van der Waals surface area contributed by atoms with Gasteiger partial charge in [-0.1, -0.05) is 12.8 Å². The average Bonchev–Trinajstić information content (AvgIpc) is 3.02. The van der Waals surface area contributed by atoms with Crippen molar-refractivity contribution >= 4 is 17.1 Å². The number of ketones is 1. The molecule has 2 aliphatic rings. The number of Topliss-reactive ketones (excluding diaryl/α,β-unsaturated/α-hetero) is 1. The minimum absolute atomic E-state index is 0.456. The number of hydrogen-bond acceptors (Lipinski definition) is 3. The first-order chi connectivity index (χ1) is 8.81. The van der Waals surface area contributed by atoms with Crippen LogP contribution in [0.4, 0.5) is 0 Å². The summed E-state index contributed by atoms with van der Waals surface area (Å²) in [6.07, 6.45) is 10.3. The van der Waals surface area contributed by atoms with Crippen molar-refractivity contribution in [2.45, 2.75) is 63.7 Å². The van der Waals surface area contributed by atoms with E-state index in [4.69, 9.17) is 4.98 Å². The van der Waals surface area contributed by atoms with Gasteiger partial charge in [-0.05, 0) is 31.6 Å². The van der Waals surface area contributed by atoms with Crippen LogP contribution in [-0.4, -0.2) is 10.8 Å². The lowest BCUT2D eigenvalue weighted by Gasteiger charge is -2.19. The van der Waals surface area contributed by atoms with Crippen molar-refractivity contribution in [1.29, 1.82) is 0 Å². The van der Waals surface area contributed by atoms with E-state index in [2.05, 4.69) is 5.38 Å². The van der Waals surface area contributed by atoms with Gasteiger partial charge in [-0.2, -0.15) is 0 Å². The molecular weight excluding hydrogens is 242 g/mol. The Bertz CT molecular complexity index is 410. The van der Waals surface area contributed by atoms with Gasteiger partial charge in [0.15, 0.2) is 0 Å². The topological polar surface area (TPSA) is 30.0 Å². The number of nitrogens with zero attached hydrogens (tertiary/aromatic N) is 1. The van der Waals surface area contributed by atoms with Crippen molar-refractivity contribution in [2.24, 2.45) is 5.92 Å². The van der Waals surface area contributed by atoms with Gasteiger partial charge in [-0.3, -0.25) is 4.79 Å². The van der Waals surface area contributed by atoms with E-state index in [-0.39, 0.29) is 0 Å². The van der Waals surface area contributed by atoms with Gasteiger partial charge in [-0.25, -0.2) is 4.98 Å². The van der Waals surface area contributed by atoms with Crippen molar-refractivity contribution in [3.05, 3.63) is 16.1 Å². The van der Waals surface area contributed by atoms with Gasteiger partial charge in [0.25, 0.3) is 0 Å². The monoisotopic (exact) mass is 263 g/mol. The maximum atomic E-state index is 11.2. The molecule has 0 N–H and O–H groups in total. The maximum absolute atomic E-state index is 11.2. The number of carbonyl (C=O) groups excluding carboxylic acids is 1. The zero-order valence-electron chi connectivity index (χ0n) is 10.9. The second-order valence-corrected chi connectivity index (χ2v) is 6.78. The number of rotatable bonds is 3. The van der Waals surface area contributed by atoms with E-state index in [1.807, 2.05) is 11.3 Å². The molecule has 0 aromatic carbocycles. The van der Waals surface area contributed by atoms with Crippen LogP contribution in [0.5, 0.6) is 0 Å². The Labute approximate surface area is 113 Å². The van der Waals surface area contributed by atoms with Crippen LogP contribution in [0.3, 0.4) is 0 Å². The molecular formula is C15H21NOS. The molecule has 3 heteroatoms. The second-order valence-electron chi connectivity index (χ2n) is 5.83. The molecule has 2 saturated carbocycles. The fourth-order valence-corrected chi connectivity index (χ4v) is 4.27. The molecule has 0 amide bonds. The third-order valence-corrected chi connectivity index (χ3v) is 5.36. The molecule has 98 valence electrons. The normalized spacial score (nSPS) is 22.8. The summed E-state index contributed by atoms with van der Waals surface area (Å²) in [4.78, 5) is 16.1. The molecule has 2 fully saturated rings. The van der Waals surface area contributed by atoms with Crippen LogP contribution in [-0.2, 0) is 11.2 Å². The fourth-order valence-electron chi connectivity index (χ4n) is 3.28. The minimum Gasteiger partial charge on any atom is -0.300 e. The van der Waals surface area contributed by atoms with E-state index in [9.17, 15) is 4.79 Å². The minimum atomic E-state index is 0.456. The Balaban J connectivity index is 1.58. The fraction of sp³-hybridized carbons (Fsp3) is 0.733. The summed E-state index contributed by atoms with van der Waals surface area (Å²) < 4.78 is 0. The van der Waals surface area contributed by atoms with Crippen LogP contribution in [0.2, 0.25) is 0 Å². The third-order valence-electron chi connectivity index (χ3n) is 4.47. The van der Waals surface area contributed by atoms with Gasteiger partial charge in [0.1, 0.15) is 5.78 Å². The molecule has 2 aliphatic carbocycles. The van der Waals surface area contributed by atoms with Crippen LogP contribution in [0.25, 0.3) is 0 Å². The van der Waals surface area contributed by atoms with Crippen LogP contribution in [0.15, 0.2) is 5.38 Å². The molecule has 0 bridgehead atoms. The molecule has 2 nitrogen and oxygen atoms in total. The van der Waals surface area contributed by atoms with Crippen molar-refractivity contribution in [2.75, 3.05) is 0 Å². The SMILES string of the molecule is O=C1CCC(Cc2nc(C3CCCC3)cs2)CC1. The maximum Gasteiger partial charge on any atom is 0.132 e. The summed E-state index contributed by atoms with van der Waals surface area (Å²) >= 11 is 1.83. The van der Waals surface area contributed by atoms with Crippen LogP contribution >= 0.6 is 11.3 Å². The summed E-state index contributed by atoms with van der Waals surface area (Å²) in [5.74, 6) is 1.89. The zero-order valence-corrected chi connectivity index (χ0v) is 11.7. The molecule has 1 aromatic rings. The highest BCUT2D eigenvalue weighted by molar-refractivity contribution is 7.09. The first kappa shape index (κ1) is 12.3. The number of thiazole rings is 1. The van der Waals surface area contributed by atoms with Gasteiger partial charge >= 0.3 is 0 Å². The Morgan fingerprint density at radius 1 is 1.17 bits per heavy atom. The van der Waals surface area contributed by atoms with Gasteiger partial charge in [0, 0.05) is 30.6 Å². The van der Waals surface area contributed by atoms with Crippen molar-refractivity contribution in [3.8, 4) is 0 Å². The number of carbonyl (C=O) groups is 1. The van der Waals surface area contributed by atoms with E-state index in [1.165, 1.54) is 36.4 Å². The molecule has 0 aliphatic heterocycles. The Kier molecular flexibility index (Phi) is 3.78. The highest BCUT2D eigenvalue weighted by Gasteiger charge is 2.22. The summed E-state index contributed by atoms with van der Waals surface area (Å²) in [5.41, 5.74) is 1.35. The highest BCUT2D eigenvalue weighted by Crippen LogP contribution is 2.35. The lowest BCUT2D eigenvalue weighted by atomic mass is 9.86. The predicted octanol–water partition coefficient (Wildman–Crippen LogP) is 4.10. The number of hydrogen-bond donors (Lipinski definition) is 0. The Morgan fingerprint density at radius 3 is 2.61 bits per heavy atom. The van der Waals surface area contributed by atoms with Crippen molar-refractivity contribution < 1.29 is 4.79 Å². The molecule has 0 radical (unpaired) electrons. The van der Waals surface area contributed by atoms with Crippen molar-refractivity contribution in [3.63, 3.8) is 0 Å². The molecule has 0 unspecified atom stereocenters. The molecule has 0 saturated heterocycles. The smallest absolute Gasteiger partial charge is 0.132 e. The van der Waals surface area contributed by atoms with Crippen molar-refractivity contribution in [1.82, 2.24) is 4.98 Å². The summed E-state index contributed by atoms with van der Waals surface area (Å²) in [5, 5.41) is 3.58. The Morgan fingerprint density at radius 2 is 1.89 bits per heavy atom. The Hall–Kier alpha value is -0.700. The quantitative estimate of drug-likeness (QED) is 0.821. The third kappa shape index (κ3) is 2.82. The standard InChI is InChI=1S/C15H21NOS/c17-13-7-5-11(6-8-13)9-15-16-14(10-18-15)12-3-1-2-4-12/h10-12H,1-9H2. The molecule has 0 atom stereocenters. The summed E-state index contributed by atoms with van der Waals surface area (Å²) in [6.45, 7) is 0. The number of aromatic nitrogens is 1. The van der Waals surface area contributed by atoms with E-state index in [0.29, 0.717) is 11.7 Å². The van der Waals surface area contributed by atoms with Gasteiger partial charge in [0.05, 0.1) is 10.7 Å². The largest absolute Gasteiger partial charge is 0.300 e. The van der Waals surface area contributed by atoms with E-state index >= 15 is 0 Å². The first-order valence-electron chi connectivity index (χ1n) is 7.27. The summed E-state index contributed by atoms with van der Waals surface area (Å²) in [6, 6.07) is 0. The van der Waals surface area contributed by atoms with E-state index < -0.39 is 0 Å². The zero-order chi connectivity index (χ0) is 12.4. The second kappa shape index (κ2) is 5.52. The highest BCUT2D eigenvalue weighted by atomic mass is 32.1. The van der Waals surface area contributed by atoms with Crippen LogP contribution in [0, 0.1) is 5.92 Å².